The van der Waals surface area contributed by atoms with Gasteiger partial charge in [0.2, 0.25) is 0 Å². The van der Waals surface area contributed by atoms with Crippen molar-refractivity contribution >= 4 is 28.3 Å². The molecule has 0 fully saturated rings. The maximum Gasteiger partial charge on any atom is 0.137 e. The minimum absolute atomic E-state index is 0.365. The molecular weight excluding hydrogens is 224 g/mol. The fourth-order valence-corrected chi connectivity index (χ4v) is 2.54. The van der Waals surface area contributed by atoms with Gasteiger partial charge in [0.05, 0.1) is 6.07 Å². The Hall–Kier alpha value is -0.270. The molecule has 15 heavy (non-hydrogen) atoms. The summed E-state index contributed by atoms with van der Waals surface area (Å²) in [6.07, 6.45) is 4.39. The molecule has 4 heteroatoms. The number of rotatable bonds is 5. The first-order valence-corrected chi connectivity index (χ1v) is 6.49. The first kappa shape index (κ1) is 14.7. The van der Waals surface area contributed by atoms with E-state index in [2.05, 4.69) is 13.0 Å². The van der Waals surface area contributed by atoms with E-state index < -0.39 is 0 Å². The van der Waals surface area contributed by atoms with Crippen LogP contribution in [-0.2, 0) is 0 Å². The third kappa shape index (κ3) is 6.01. The Morgan fingerprint density at radius 3 is 2.47 bits per heavy atom. The summed E-state index contributed by atoms with van der Waals surface area (Å²) >= 11 is 6.71. The van der Waals surface area contributed by atoms with Crippen LogP contribution in [0.3, 0.4) is 0 Å². The number of unbranched alkanes of at least 4 members (excludes halogenated alkanes) is 2. The average Bonchev–Trinajstić information content (AvgIpc) is 2.18. The van der Waals surface area contributed by atoms with Crippen molar-refractivity contribution in [3.8, 4) is 6.07 Å². The van der Waals surface area contributed by atoms with Crippen LogP contribution in [0.15, 0.2) is 0 Å². The summed E-state index contributed by atoms with van der Waals surface area (Å²) in [6.45, 7) is 4.14. The van der Waals surface area contributed by atoms with Gasteiger partial charge in [-0.15, -0.1) is 0 Å². The fraction of sp³-hybridized carbons (Fsp3) is 0.818. The van der Waals surface area contributed by atoms with E-state index in [1.165, 1.54) is 24.6 Å². The number of hydrogen-bond acceptors (Lipinski definition) is 3. The normalized spacial score (nSPS) is 14.1. The number of thiocarbonyl (C=S) groups is 1. The van der Waals surface area contributed by atoms with Crippen molar-refractivity contribution in [1.82, 2.24) is 4.90 Å². The Kier molecular flexibility index (Phi) is 6.95. The van der Waals surface area contributed by atoms with Crippen molar-refractivity contribution in [2.45, 2.75) is 44.3 Å². The van der Waals surface area contributed by atoms with Crippen molar-refractivity contribution in [2.24, 2.45) is 0 Å². The quantitative estimate of drug-likeness (QED) is 0.547. The van der Waals surface area contributed by atoms with E-state index >= 15 is 0 Å². The summed E-state index contributed by atoms with van der Waals surface area (Å²) in [5.74, 6) is 0. The maximum atomic E-state index is 9.17. The molecule has 1 atom stereocenters. The topological polar surface area (TPSA) is 27.0 Å². The van der Waals surface area contributed by atoms with E-state index in [1.54, 1.807) is 0 Å². The molecule has 0 aliphatic carbocycles. The van der Waals surface area contributed by atoms with Gasteiger partial charge in [-0.3, -0.25) is 0 Å². The van der Waals surface area contributed by atoms with Crippen LogP contribution >= 0.6 is 24.0 Å². The van der Waals surface area contributed by atoms with Gasteiger partial charge in [0.1, 0.15) is 9.07 Å². The Morgan fingerprint density at radius 1 is 1.47 bits per heavy atom. The predicted octanol–water partition coefficient (Wildman–Crippen LogP) is 3.43. The van der Waals surface area contributed by atoms with Gasteiger partial charge < -0.3 is 4.90 Å². The van der Waals surface area contributed by atoms with Crippen LogP contribution in [0.4, 0.5) is 0 Å². The van der Waals surface area contributed by atoms with Crippen molar-refractivity contribution in [3.63, 3.8) is 0 Å². The molecule has 0 rings (SSSR count). The van der Waals surface area contributed by atoms with Crippen LogP contribution in [0.25, 0.3) is 0 Å². The lowest BCUT2D eigenvalue weighted by Gasteiger charge is -2.23. The molecule has 86 valence electrons. The van der Waals surface area contributed by atoms with E-state index in [0.29, 0.717) is 0 Å². The third-order valence-electron chi connectivity index (χ3n) is 2.17. The number of nitriles is 1. The molecule has 0 radical (unpaired) electrons. The van der Waals surface area contributed by atoms with Crippen molar-refractivity contribution in [3.05, 3.63) is 0 Å². The molecule has 0 aliphatic rings. The SMILES string of the molecule is CCCCCC(C)(C#N)SC(=S)N(C)C. The van der Waals surface area contributed by atoms with Crippen LogP contribution in [0.1, 0.15) is 39.5 Å². The summed E-state index contributed by atoms with van der Waals surface area (Å²) < 4.78 is 0.423. The van der Waals surface area contributed by atoms with Gasteiger partial charge in [-0.2, -0.15) is 5.26 Å². The van der Waals surface area contributed by atoms with E-state index in [1.807, 2.05) is 25.9 Å². The van der Waals surface area contributed by atoms with Crippen LogP contribution in [0.5, 0.6) is 0 Å². The molecule has 0 aliphatic heterocycles. The maximum absolute atomic E-state index is 9.17. The van der Waals surface area contributed by atoms with Crippen LogP contribution in [0, 0.1) is 11.3 Å². The fourth-order valence-electron chi connectivity index (χ4n) is 1.13. The molecule has 0 aromatic carbocycles. The molecule has 0 spiro atoms. The molecule has 0 heterocycles. The lowest BCUT2D eigenvalue weighted by Crippen LogP contribution is -2.25. The molecule has 1 unspecified atom stereocenters. The summed E-state index contributed by atoms with van der Waals surface area (Å²) in [6, 6.07) is 2.37. The summed E-state index contributed by atoms with van der Waals surface area (Å²) in [5, 5.41) is 9.17. The molecule has 2 nitrogen and oxygen atoms in total. The molecule has 0 saturated heterocycles. The van der Waals surface area contributed by atoms with Gasteiger partial charge in [-0.1, -0.05) is 50.2 Å². The van der Waals surface area contributed by atoms with Crippen molar-refractivity contribution in [2.75, 3.05) is 14.1 Å². The van der Waals surface area contributed by atoms with E-state index in [4.69, 9.17) is 17.5 Å². The summed E-state index contributed by atoms with van der Waals surface area (Å²) in [4.78, 5) is 1.88. The summed E-state index contributed by atoms with van der Waals surface area (Å²) in [5.41, 5.74) is 0. The highest BCUT2D eigenvalue weighted by atomic mass is 32.2. The monoisotopic (exact) mass is 244 g/mol. The van der Waals surface area contributed by atoms with Gasteiger partial charge >= 0.3 is 0 Å². The molecule has 0 aromatic rings. The zero-order valence-electron chi connectivity index (χ0n) is 10.0. The van der Waals surface area contributed by atoms with Gasteiger partial charge in [0, 0.05) is 14.1 Å². The minimum atomic E-state index is -0.365. The highest BCUT2D eigenvalue weighted by molar-refractivity contribution is 8.23. The van der Waals surface area contributed by atoms with Crippen molar-refractivity contribution < 1.29 is 0 Å². The average molecular weight is 244 g/mol. The zero-order chi connectivity index (χ0) is 11.9. The second-order valence-corrected chi connectivity index (χ2v) is 6.20. The predicted molar refractivity (Wildman–Crippen MR) is 72.0 cm³/mol. The standard InChI is InChI=1S/C11H20N2S2/c1-5-6-7-8-11(2,9-12)15-10(14)13(3)4/h5-8H2,1-4H3. The molecule has 0 aromatic heterocycles. The van der Waals surface area contributed by atoms with Gasteiger partial charge in [-0.25, -0.2) is 0 Å². The van der Waals surface area contributed by atoms with E-state index in [-0.39, 0.29) is 4.75 Å². The first-order chi connectivity index (χ1) is 6.95. The lowest BCUT2D eigenvalue weighted by atomic mass is 10.0. The summed E-state index contributed by atoms with van der Waals surface area (Å²) in [7, 11) is 3.83. The number of nitrogens with zero attached hydrogens (tertiary/aromatic N) is 2. The van der Waals surface area contributed by atoms with Crippen LogP contribution in [-0.4, -0.2) is 28.1 Å². The Morgan fingerprint density at radius 2 is 2.07 bits per heavy atom. The second kappa shape index (κ2) is 7.08. The van der Waals surface area contributed by atoms with E-state index in [0.717, 1.165) is 17.2 Å². The number of hydrogen-bond donors (Lipinski definition) is 0. The molecule has 0 amide bonds. The highest BCUT2D eigenvalue weighted by Crippen LogP contribution is 2.31. The van der Waals surface area contributed by atoms with Gasteiger partial charge in [0.15, 0.2) is 0 Å². The first-order valence-electron chi connectivity index (χ1n) is 5.26. The second-order valence-electron chi connectivity index (χ2n) is 4.06. The largest absolute Gasteiger partial charge is 0.364 e. The molecular formula is C11H20N2S2. The van der Waals surface area contributed by atoms with Crippen LogP contribution < -0.4 is 0 Å². The Balaban J connectivity index is 4.20. The third-order valence-corrected chi connectivity index (χ3v) is 4.07. The smallest absolute Gasteiger partial charge is 0.137 e. The lowest BCUT2D eigenvalue weighted by molar-refractivity contribution is 0.612. The van der Waals surface area contributed by atoms with Gasteiger partial charge in [0.25, 0.3) is 0 Å². The van der Waals surface area contributed by atoms with E-state index in [9.17, 15) is 0 Å². The highest BCUT2D eigenvalue weighted by Gasteiger charge is 2.26. The Labute approximate surface area is 103 Å². The number of thioether (sulfide) groups is 1. The van der Waals surface area contributed by atoms with Crippen LogP contribution in [0.2, 0.25) is 0 Å². The zero-order valence-corrected chi connectivity index (χ0v) is 11.7. The Bertz CT molecular complexity index is 245. The molecule has 0 bridgehead atoms. The minimum Gasteiger partial charge on any atom is -0.364 e. The van der Waals surface area contributed by atoms with Gasteiger partial charge in [-0.05, 0) is 13.3 Å². The van der Waals surface area contributed by atoms with Crippen molar-refractivity contribution in [1.29, 1.82) is 5.26 Å². The molecule has 0 saturated carbocycles. The molecule has 0 N–H and O–H groups in total.